The van der Waals surface area contributed by atoms with E-state index in [0.29, 0.717) is 36.4 Å². The molecule has 0 bridgehead atoms. The van der Waals surface area contributed by atoms with Gasteiger partial charge in [-0.05, 0) is 12.8 Å². The zero-order valence-electron chi connectivity index (χ0n) is 12.2. The summed E-state index contributed by atoms with van der Waals surface area (Å²) in [5, 5.41) is -0.00420. The Bertz CT molecular complexity index is 455. The first-order valence-corrected chi connectivity index (χ1v) is 9.53. The van der Waals surface area contributed by atoms with Gasteiger partial charge in [-0.3, -0.25) is 4.79 Å². The van der Waals surface area contributed by atoms with E-state index in [1.54, 1.807) is 4.31 Å². The van der Waals surface area contributed by atoms with Crippen LogP contribution in [0.15, 0.2) is 0 Å². The molecule has 1 saturated carbocycles. The second-order valence-corrected chi connectivity index (χ2v) is 9.75. The van der Waals surface area contributed by atoms with Gasteiger partial charge in [0.25, 0.3) is 0 Å². The van der Waals surface area contributed by atoms with Crippen molar-refractivity contribution in [3.05, 3.63) is 0 Å². The standard InChI is InChI=1S/C13H23NO4S2/c1-9-7-14(8-10(2)19-9)20(16,17)12-6-4-5-11(12)13(15)18-3/h9-12H,4-8H2,1-3H3. The van der Waals surface area contributed by atoms with Crippen molar-refractivity contribution in [2.45, 2.75) is 48.9 Å². The van der Waals surface area contributed by atoms with Crippen LogP contribution in [0.5, 0.6) is 0 Å². The number of sulfonamides is 1. The van der Waals surface area contributed by atoms with E-state index in [9.17, 15) is 13.2 Å². The molecule has 0 amide bonds. The molecule has 0 aromatic carbocycles. The predicted octanol–water partition coefficient (Wildman–Crippen LogP) is 1.48. The molecule has 116 valence electrons. The van der Waals surface area contributed by atoms with E-state index in [1.807, 2.05) is 11.8 Å². The highest BCUT2D eigenvalue weighted by Gasteiger charge is 2.46. The smallest absolute Gasteiger partial charge is 0.310 e. The fourth-order valence-corrected chi connectivity index (χ4v) is 7.12. The van der Waals surface area contributed by atoms with E-state index >= 15 is 0 Å². The van der Waals surface area contributed by atoms with Gasteiger partial charge in [0.15, 0.2) is 0 Å². The molecule has 1 aliphatic heterocycles. The Morgan fingerprint density at radius 3 is 2.35 bits per heavy atom. The molecule has 7 heteroatoms. The summed E-state index contributed by atoms with van der Waals surface area (Å²) in [5.74, 6) is -0.881. The van der Waals surface area contributed by atoms with Crippen LogP contribution in [0.4, 0.5) is 0 Å². The Morgan fingerprint density at radius 2 is 1.80 bits per heavy atom. The summed E-state index contributed by atoms with van der Waals surface area (Å²) in [7, 11) is -2.09. The third kappa shape index (κ3) is 3.14. The molecule has 0 aromatic heterocycles. The largest absolute Gasteiger partial charge is 0.469 e. The third-order valence-electron chi connectivity index (χ3n) is 4.09. The fraction of sp³-hybridized carbons (Fsp3) is 0.923. The van der Waals surface area contributed by atoms with Crippen molar-refractivity contribution in [2.24, 2.45) is 5.92 Å². The number of hydrogen-bond donors (Lipinski definition) is 0. The predicted molar refractivity (Wildman–Crippen MR) is 80.2 cm³/mol. The van der Waals surface area contributed by atoms with Crippen molar-refractivity contribution in [1.82, 2.24) is 4.31 Å². The molecule has 2 aliphatic rings. The lowest BCUT2D eigenvalue weighted by Crippen LogP contribution is -2.49. The number of carbonyl (C=O) groups excluding carboxylic acids is 1. The van der Waals surface area contributed by atoms with E-state index in [2.05, 4.69) is 13.8 Å². The minimum Gasteiger partial charge on any atom is -0.469 e. The number of esters is 1. The fourth-order valence-electron chi connectivity index (χ4n) is 3.23. The van der Waals surface area contributed by atoms with Gasteiger partial charge in [-0.15, -0.1) is 0 Å². The molecule has 0 radical (unpaired) electrons. The molecule has 0 N–H and O–H groups in total. The average molecular weight is 321 g/mol. The first kappa shape index (κ1) is 16.1. The number of carbonyl (C=O) groups is 1. The third-order valence-corrected chi connectivity index (χ3v) is 7.66. The summed E-state index contributed by atoms with van der Waals surface area (Å²) in [6.07, 6.45) is 1.95. The van der Waals surface area contributed by atoms with Crippen molar-refractivity contribution in [3.8, 4) is 0 Å². The highest BCUT2D eigenvalue weighted by atomic mass is 32.2. The Labute approximate surface area is 125 Å². The molecule has 2 fully saturated rings. The van der Waals surface area contributed by atoms with Gasteiger partial charge in [0.05, 0.1) is 18.3 Å². The summed E-state index contributed by atoms with van der Waals surface area (Å²) < 4.78 is 32.0. The van der Waals surface area contributed by atoms with E-state index in [0.717, 1.165) is 6.42 Å². The molecular formula is C13H23NO4S2. The van der Waals surface area contributed by atoms with E-state index in [4.69, 9.17) is 4.74 Å². The van der Waals surface area contributed by atoms with Gasteiger partial charge in [0.1, 0.15) is 0 Å². The molecule has 2 rings (SSSR count). The van der Waals surface area contributed by atoms with Crippen LogP contribution in [0, 0.1) is 5.92 Å². The Hall–Kier alpha value is -0.270. The average Bonchev–Trinajstić information content (AvgIpc) is 2.86. The summed E-state index contributed by atoms with van der Waals surface area (Å²) in [4.78, 5) is 11.8. The highest BCUT2D eigenvalue weighted by molar-refractivity contribution is 8.00. The lowest BCUT2D eigenvalue weighted by molar-refractivity contribution is -0.145. The van der Waals surface area contributed by atoms with Crippen LogP contribution in [0.3, 0.4) is 0 Å². The number of nitrogens with zero attached hydrogens (tertiary/aromatic N) is 1. The molecule has 0 aromatic rings. The molecule has 1 saturated heterocycles. The second kappa shape index (κ2) is 6.23. The maximum Gasteiger partial charge on any atom is 0.310 e. The molecular weight excluding hydrogens is 298 g/mol. The van der Waals surface area contributed by atoms with Gasteiger partial charge in [-0.25, -0.2) is 8.42 Å². The lowest BCUT2D eigenvalue weighted by Gasteiger charge is -2.36. The van der Waals surface area contributed by atoms with Crippen molar-refractivity contribution in [3.63, 3.8) is 0 Å². The van der Waals surface area contributed by atoms with Crippen molar-refractivity contribution in [2.75, 3.05) is 20.2 Å². The van der Waals surface area contributed by atoms with Gasteiger partial charge in [0.2, 0.25) is 10.0 Å². The van der Waals surface area contributed by atoms with Crippen LogP contribution >= 0.6 is 11.8 Å². The van der Waals surface area contributed by atoms with Crippen molar-refractivity contribution >= 4 is 27.8 Å². The molecule has 4 unspecified atom stereocenters. The van der Waals surface area contributed by atoms with Gasteiger partial charge in [0, 0.05) is 23.6 Å². The van der Waals surface area contributed by atoms with Crippen LogP contribution in [-0.4, -0.2) is 54.6 Å². The molecule has 1 heterocycles. The molecule has 4 atom stereocenters. The Morgan fingerprint density at radius 1 is 1.20 bits per heavy atom. The summed E-state index contributed by atoms with van der Waals surface area (Å²) in [5.41, 5.74) is 0. The number of hydrogen-bond acceptors (Lipinski definition) is 5. The molecule has 0 spiro atoms. The van der Waals surface area contributed by atoms with E-state index in [-0.39, 0.29) is 5.97 Å². The number of methoxy groups -OCH3 is 1. The van der Waals surface area contributed by atoms with Crippen molar-refractivity contribution < 1.29 is 17.9 Å². The quantitative estimate of drug-likeness (QED) is 0.737. The second-order valence-electron chi connectivity index (χ2n) is 5.72. The topological polar surface area (TPSA) is 63.7 Å². The summed E-state index contributed by atoms with van der Waals surface area (Å²) in [6.45, 7) is 5.19. The van der Waals surface area contributed by atoms with Crippen LogP contribution in [0.2, 0.25) is 0 Å². The van der Waals surface area contributed by atoms with Crippen LogP contribution < -0.4 is 0 Å². The molecule has 1 aliphatic carbocycles. The number of thioether (sulfide) groups is 1. The van der Waals surface area contributed by atoms with Gasteiger partial charge >= 0.3 is 5.97 Å². The summed E-state index contributed by atoms with van der Waals surface area (Å²) >= 11 is 1.82. The molecule has 5 nitrogen and oxygen atoms in total. The minimum atomic E-state index is -3.41. The Balaban J connectivity index is 2.19. The number of rotatable bonds is 3. The Kier molecular flexibility index (Phi) is 5.02. The normalized spacial score (nSPS) is 36.0. The summed E-state index contributed by atoms with van der Waals surface area (Å²) in [6, 6.07) is 0. The van der Waals surface area contributed by atoms with Crippen LogP contribution in [0.25, 0.3) is 0 Å². The van der Waals surface area contributed by atoms with Gasteiger partial charge in [-0.2, -0.15) is 16.1 Å². The first-order valence-electron chi connectivity index (χ1n) is 7.08. The van der Waals surface area contributed by atoms with Crippen LogP contribution in [0.1, 0.15) is 33.1 Å². The SMILES string of the molecule is COC(=O)C1CCCC1S(=O)(=O)N1CC(C)SC(C)C1. The lowest BCUT2D eigenvalue weighted by atomic mass is 10.1. The van der Waals surface area contributed by atoms with Crippen LogP contribution in [-0.2, 0) is 19.6 Å². The van der Waals surface area contributed by atoms with Gasteiger partial charge in [-0.1, -0.05) is 20.3 Å². The van der Waals surface area contributed by atoms with Crippen molar-refractivity contribution in [1.29, 1.82) is 0 Å². The van der Waals surface area contributed by atoms with E-state index < -0.39 is 21.2 Å². The first-order chi connectivity index (χ1) is 9.36. The highest BCUT2D eigenvalue weighted by Crippen LogP contribution is 2.36. The zero-order chi connectivity index (χ0) is 14.9. The zero-order valence-corrected chi connectivity index (χ0v) is 13.9. The molecule has 20 heavy (non-hydrogen) atoms. The van der Waals surface area contributed by atoms with Gasteiger partial charge < -0.3 is 4.74 Å². The maximum atomic E-state index is 12.8. The van der Waals surface area contributed by atoms with E-state index in [1.165, 1.54) is 7.11 Å². The maximum absolute atomic E-state index is 12.8. The monoisotopic (exact) mass is 321 g/mol. The minimum absolute atomic E-state index is 0.298. The number of ether oxygens (including phenoxy) is 1.